The summed E-state index contributed by atoms with van der Waals surface area (Å²) in [5.41, 5.74) is 9.09. The fourth-order valence-corrected chi connectivity index (χ4v) is 3.88. The van der Waals surface area contributed by atoms with Gasteiger partial charge in [0, 0.05) is 50.9 Å². The Morgan fingerprint density at radius 2 is 1.63 bits per heavy atom. The Morgan fingerprint density at radius 3 is 2.33 bits per heavy atom. The van der Waals surface area contributed by atoms with Crippen molar-refractivity contribution in [3.05, 3.63) is 70.9 Å². The maximum absolute atomic E-state index is 5.40. The first-order valence-corrected chi connectivity index (χ1v) is 9.44. The lowest BCUT2D eigenvalue weighted by atomic mass is 10.1. The molecule has 2 aromatic rings. The van der Waals surface area contributed by atoms with E-state index in [4.69, 9.17) is 9.47 Å². The largest absolute Gasteiger partial charge is 0.497 e. The van der Waals surface area contributed by atoms with E-state index in [0.717, 1.165) is 50.6 Å². The molecule has 0 bridgehead atoms. The van der Waals surface area contributed by atoms with Gasteiger partial charge in [-0.25, -0.2) is 5.01 Å². The summed E-state index contributed by atoms with van der Waals surface area (Å²) in [7, 11) is 3.39. The minimum atomic E-state index is 0.845. The highest BCUT2D eigenvalue weighted by atomic mass is 16.5. The van der Waals surface area contributed by atoms with E-state index in [0.29, 0.717) is 0 Å². The zero-order valence-electron chi connectivity index (χ0n) is 16.1. The Labute approximate surface area is 161 Å². The molecule has 0 radical (unpaired) electrons. The van der Waals surface area contributed by atoms with Gasteiger partial charge in [0.25, 0.3) is 0 Å². The van der Waals surface area contributed by atoms with Gasteiger partial charge in [0.1, 0.15) is 11.5 Å². The van der Waals surface area contributed by atoms with Crippen LogP contribution in [0.15, 0.2) is 59.8 Å². The topological polar surface area (TPSA) is 37.0 Å². The highest BCUT2D eigenvalue weighted by Gasteiger charge is 2.27. The maximum Gasteiger partial charge on any atom is 0.122 e. The maximum atomic E-state index is 5.40. The molecule has 2 aliphatic rings. The summed E-state index contributed by atoms with van der Waals surface area (Å²) < 4.78 is 10.8. The predicted octanol–water partition coefficient (Wildman–Crippen LogP) is 3.18. The fourth-order valence-electron chi connectivity index (χ4n) is 3.88. The van der Waals surface area contributed by atoms with Gasteiger partial charge in [-0.1, -0.05) is 30.3 Å². The van der Waals surface area contributed by atoms with Crippen molar-refractivity contribution in [2.24, 2.45) is 0 Å². The van der Waals surface area contributed by atoms with Crippen LogP contribution in [0.3, 0.4) is 0 Å². The van der Waals surface area contributed by atoms with Crippen LogP contribution in [-0.4, -0.2) is 43.8 Å². The quantitative estimate of drug-likeness (QED) is 0.851. The molecule has 0 unspecified atom stereocenters. The van der Waals surface area contributed by atoms with E-state index < -0.39 is 0 Å². The number of hydrazine groups is 1. The first-order valence-electron chi connectivity index (χ1n) is 9.44. The van der Waals surface area contributed by atoms with Crippen LogP contribution in [0.4, 0.5) is 0 Å². The minimum Gasteiger partial charge on any atom is -0.497 e. The highest BCUT2D eigenvalue weighted by Crippen LogP contribution is 2.27. The lowest BCUT2D eigenvalue weighted by molar-refractivity contribution is 0.246. The Bertz CT molecular complexity index is 797. The normalized spacial score (nSPS) is 17.6. The second-order valence-electron chi connectivity index (χ2n) is 7.22. The van der Waals surface area contributed by atoms with Crippen molar-refractivity contribution in [3.63, 3.8) is 0 Å². The molecular weight excluding hydrogens is 338 g/mol. The summed E-state index contributed by atoms with van der Waals surface area (Å²) in [6, 6.07) is 16.7. The van der Waals surface area contributed by atoms with Gasteiger partial charge in [-0.3, -0.25) is 4.90 Å². The third-order valence-electron chi connectivity index (χ3n) is 5.23. The van der Waals surface area contributed by atoms with Gasteiger partial charge < -0.3 is 14.9 Å². The Balaban J connectivity index is 1.37. The van der Waals surface area contributed by atoms with Crippen LogP contribution in [-0.2, 0) is 13.1 Å². The van der Waals surface area contributed by atoms with Crippen molar-refractivity contribution in [1.82, 2.24) is 15.3 Å². The lowest BCUT2D eigenvalue weighted by Crippen LogP contribution is -2.32. The number of methoxy groups -OCH3 is 2. The molecule has 2 aromatic carbocycles. The third kappa shape index (κ3) is 4.26. The zero-order valence-corrected chi connectivity index (χ0v) is 16.1. The molecule has 0 spiro atoms. The Hall–Kier alpha value is -2.50. The molecule has 2 aliphatic heterocycles. The molecule has 0 saturated carbocycles. The van der Waals surface area contributed by atoms with Crippen LogP contribution >= 0.6 is 0 Å². The number of ether oxygens (including phenoxy) is 2. The van der Waals surface area contributed by atoms with E-state index in [1.54, 1.807) is 14.2 Å². The molecule has 142 valence electrons. The van der Waals surface area contributed by atoms with Crippen molar-refractivity contribution < 1.29 is 9.47 Å². The summed E-state index contributed by atoms with van der Waals surface area (Å²) in [6.07, 6.45) is 1.07. The predicted molar refractivity (Wildman–Crippen MR) is 106 cm³/mol. The van der Waals surface area contributed by atoms with Crippen molar-refractivity contribution in [1.29, 1.82) is 0 Å². The molecule has 2 heterocycles. The molecule has 1 N–H and O–H groups in total. The van der Waals surface area contributed by atoms with Crippen LogP contribution in [0, 0.1) is 0 Å². The van der Waals surface area contributed by atoms with E-state index in [-0.39, 0.29) is 0 Å². The van der Waals surface area contributed by atoms with Crippen LogP contribution in [0.5, 0.6) is 11.5 Å². The fraction of sp³-hybridized carbons (Fsp3) is 0.364. The molecular formula is C22H27N3O2. The van der Waals surface area contributed by atoms with E-state index in [1.165, 1.54) is 22.4 Å². The first-order chi connectivity index (χ1) is 13.2. The smallest absolute Gasteiger partial charge is 0.122 e. The van der Waals surface area contributed by atoms with Crippen LogP contribution < -0.4 is 14.9 Å². The summed E-state index contributed by atoms with van der Waals surface area (Å²) in [5.74, 6) is 1.69. The summed E-state index contributed by atoms with van der Waals surface area (Å²) in [6.45, 7) is 4.89. The average molecular weight is 365 g/mol. The molecule has 0 saturated heterocycles. The van der Waals surface area contributed by atoms with Gasteiger partial charge in [0.05, 0.1) is 14.2 Å². The van der Waals surface area contributed by atoms with Crippen molar-refractivity contribution >= 4 is 0 Å². The number of hydrogen-bond donors (Lipinski definition) is 1. The number of rotatable bonds is 6. The monoisotopic (exact) mass is 365 g/mol. The van der Waals surface area contributed by atoms with Crippen LogP contribution in [0.25, 0.3) is 0 Å². The van der Waals surface area contributed by atoms with E-state index in [2.05, 4.69) is 57.8 Å². The number of hydrogen-bond acceptors (Lipinski definition) is 5. The summed E-state index contributed by atoms with van der Waals surface area (Å²) >= 11 is 0. The molecule has 0 atom stereocenters. The van der Waals surface area contributed by atoms with E-state index in [1.807, 2.05) is 6.07 Å². The summed E-state index contributed by atoms with van der Waals surface area (Å²) in [5, 5.41) is 2.32. The van der Waals surface area contributed by atoms with Crippen LogP contribution in [0.1, 0.15) is 17.5 Å². The van der Waals surface area contributed by atoms with Gasteiger partial charge in [0.15, 0.2) is 0 Å². The Kier molecular flexibility index (Phi) is 5.32. The molecule has 0 aliphatic carbocycles. The SMILES string of the molecule is COc1cc(CN2CCC3=C(C2)CN(Cc2ccccc2)N3)cc(OC)c1. The molecule has 5 heteroatoms. The second kappa shape index (κ2) is 8.03. The van der Waals surface area contributed by atoms with Gasteiger partial charge in [-0.15, -0.1) is 0 Å². The average Bonchev–Trinajstić information content (AvgIpc) is 3.09. The number of nitrogens with zero attached hydrogens (tertiary/aromatic N) is 2. The molecule has 0 amide bonds. The van der Waals surface area contributed by atoms with Crippen molar-refractivity contribution in [2.75, 3.05) is 33.9 Å². The van der Waals surface area contributed by atoms with Crippen molar-refractivity contribution in [3.8, 4) is 11.5 Å². The standard InChI is InChI=1S/C22H27N3O2/c1-26-20-10-18(11-21(12-20)27-2)13-24-9-8-22-19(15-24)16-25(23-22)14-17-6-4-3-5-7-17/h3-7,10-12,23H,8-9,13-16H2,1-2H3. The van der Waals surface area contributed by atoms with Crippen molar-refractivity contribution in [2.45, 2.75) is 19.5 Å². The van der Waals surface area contributed by atoms with E-state index >= 15 is 0 Å². The second-order valence-corrected chi connectivity index (χ2v) is 7.22. The van der Waals surface area contributed by atoms with E-state index in [9.17, 15) is 0 Å². The lowest BCUT2D eigenvalue weighted by Gasteiger charge is -2.27. The van der Waals surface area contributed by atoms with Gasteiger partial charge >= 0.3 is 0 Å². The minimum absolute atomic E-state index is 0.845. The third-order valence-corrected chi connectivity index (χ3v) is 5.23. The first kappa shape index (κ1) is 17.9. The Morgan fingerprint density at radius 1 is 0.889 bits per heavy atom. The molecule has 0 fully saturated rings. The number of nitrogens with one attached hydrogen (secondary N) is 1. The summed E-state index contributed by atoms with van der Waals surface area (Å²) in [4.78, 5) is 2.50. The molecule has 4 rings (SSSR count). The van der Waals surface area contributed by atoms with Gasteiger partial charge in [0.2, 0.25) is 0 Å². The van der Waals surface area contributed by atoms with Gasteiger partial charge in [-0.2, -0.15) is 0 Å². The number of benzene rings is 2. The molecule has 5 nitrogen and oxygen atoms in total. The molecule has 27 heavy (non-hydrogen) atoms. The zero-order chi connectivity index (χ0) is 18.6. The highest BCUT2D eigenvalue weighted by molar-refractivity contribution is 5.38. The van der Waals surface area contributed by atoms with Gasteiger partial charge in [-0.05, 0) is 28.8 Å². The molecule has 0 aromatic heterocycles. The van der Waals surface area contributed by atoms with Crippen LogP contribution in [0.2, 0.25) is 0 Å².